The lowest BCUT2D eigenvalue weighted by atomic mass is 10.1. The minimum absolute atomic E-state index is 0.0598. The second-order valence-corrected chi connectivity index (χ2v) is 5.07. The largest absolute Gasteiger partial charge is 0.481 e. The molecule has 0 fully saturated rings. The molecule has 0 radical (unpaired) electrons. The molecule has 1 heterocycles. The molecular formula is C15H24N2O4. The zero-order valence-corrected chi connectivity index (χ0v) is 12.6. The predicted octanol–water partition coefficient (Wildman–Crippen LogP) is 2.95. The fourth-order valence-electron chi connectivity index (χ4n) is 2.11. The summed E-state index contributed by atoms with van der Waals surface area (Å²) in [5.74, 6) is -1.04. The number of carboxylic acid groups (broad SMARTS) is 1. The topological polar surface area (TPSA) is 83.6 Å². The van der Waals surface area contributed by atoms with Gasteiger partial charge in [0.15, 0.2) is 6.39 Å². The summed E-state index contributed by atoms with van der Waals surface area (Å²) in [6.07, 6.45) is 9.23. The Bertz CT molecular complexity index is 417. The number of oxazole rings is 1. The number of aliphatic carboxylic acids is 1. The number of rotatable bonds is 11. The Hall–Kier alpha value is -1.85. The van der Waals surface area contributed by atoms with Crippen LogP contribution in [0.2, 0.25) is 0 Å². The number of nitrogens with zero attached hydrogens (tertiary/aromatic N) is 2. The van der Waals surface area contributed by atoms with Gasteiger partial charge in [0, 0.05) is 13.1 Å². The van der Waals surface area contributed by atoms with Crippen molar-refractivity contribution in [3.63, 3.8) is 0 Å². The molecule has 0 atom stereocenters. The molecule has 0 saturated carbocycles. The van der Waals surface area contributed by atoms with Gasteiger partial charge in [0.1, 0.15) is 0 Å². The summed E-state index contributed by atoms with van der Waals surface area (Å²) < 4.78 is 4.99. The number of unbranched alkanes of at least 4 members (excludes halogenated alkanes) is 5. The Morgan fingerprint density at radius 3 is 2.52 bits per heavy atom. The van der Waals surface area contributed by atoms with E-state index in [0.29, 0.717) is 6.54 Å². The molecule has 0 spiro atoms. The Morgan fingerprint density at radius 2 is 1.90 bits per heavy atom. The average Bonchev–Trinajstić information content (AvgIpc) is 2.99. The van der Waals surface area contributed by atoms with Crippen LogP contribution in [0.5, 0.6) is 0 Å². The third-order valence-corrected chi connectivity index (χ3v) is 3.31. The summed E-state index contributed by atoms with van der Waals surface area (Å²) in [5, 5.41) is 8.77. The molecular weight excluding hydrogens is 272 g/mol. The van der Waals surface area contributed by atoms with Gasteiger partial charge >= 0.3 is 5.97 Å². The van der Waals surface area contributed by atoms with E-state index in [0.717, 1.165) is 19.3 Å². The molecule has 6 heteroatoms. The zero-order valence-electron chi connectivity index (χ0n) is 12.6. The Labute approximate surface area is 125 Å². The van der Waals surface area contributed by atoms with E-state index in [1.54, 1.807) is 0 Å². The highest BCUT2D eigenvalue weighted by Crippen LogP contribution is 2.09. The lowest BCUT2D eigenvalue weighted by Gasteiger charge is -2.20. The summed E-state index contributed by atoms with van der Waals surface area (Å²) in [7, 11) is 0. The second kappa shape index (κ2) is 9.96. The summed E-state index contributed by atoms with van der Waals surface area (Å²) in [6, 6.07) is 0. The average molecular weight is 296 g/mol. The van der Waals surface area contributed by atoms with Crippen molar-refractivity contribution in [2.45, 2.75) is 51.9 Å². The maximum absolute atomic E-state index is 12.2. The van der Waals surface area contributed by atoms with Crippen molar-refractivity contribution in [3.8, 4) is 0 Å². The molecule has 118 valence electrons. The predicted molar refractivity (Wildman–Crippen MR) is 78.0 cm³/mol. The molecule has 0 aliphatic carbocycles. The van der Waals surface area contributed by atoms with E-state index in [9.17, 15) is 9.59 Å². The first kappa shape index (κ1) is 17.2. The second-order valence-electron chi connectivity index (χ2n) is 5.07. The first-order valence-electron chi connectivity index (χ1n) is 7.54. The van der Waals surface area contributed by atoms with Crippen LogP contribution in [0.1, 0.15) is 62.4 Å². The van der Waals surface area contributed by atoms with Gasteiger partial charge in [-0.3, -0.25) is 9.59 Å². The first-order valence-corrected chi connectivity index (χ1v) is 7.54. The molecule has 1 amide bonds. The van der Waals surface area contributed by atoms with Gasteiger partial charge < -0.3 is 14.4 Å². The van der Waals surface area contributed by atoms with Crippen LogP contribution in [0.15, 0.2) is 17.0 Å². The van der Waals surface area contributed by atoms with Crippen LogP contribution in [-0.4, -0.2) is 40.0 Å². The molecule has 1 aromatic heterocycles. The highest BCUT2D eigenvalue weighted by Gasteiger charge is 2.19. The van der Waals surface area contributed by atoms with Crippen molar-refractivity contribution in [3.05, 3.63) is 18.4 Å². The SMILES string of the molecule is CCCCCCCCN(CCC(=O)O)C(=O)c1cnco1. The van der Waals surface area contributed by atoms with E-state index >= 15 is 0 Å². The summed E-state index contributed by atoms with van der Waals surface area (Å²) in [4.78, 5) is 28.1. The number of amides is 1. The third kappa shape index (κ3) is 6.92. The lowest BCUT2D eigenvalue weighted by Crippen LogP contribution is -2.33. The first-order chi connectivity index (χ1) is 10.1. The number of carboxylic acids is 1. The third-order valence-electron chi connectivity index (χ3n) is 3.31. The maximum Gasteiger partial charge on any atom is 0.305 e. The van der Waals surface area contributed by atoms with Crippen molar-refractivity contribution >= 4 is 11.9 Å². The van der Waals surface area contributed by atoms with E-state index in [-0.39, 0.29) is 24.6 Å². The molecule has 1 aromatic rings. The standard InChI is InChI=1S/C15H24N2O4/c1-2-3-4-5-6-7-9-17(10-8-14(18)19)15(20)13-11-16-12-21-13/h11-12H,2-10H2,1H3,(H,18,19). The highest BCUT2D eigenvalue weighted by atomic mass is 16.4. The summed E-state index contributed by atoms with van der Waals surface area (Å²) in [6.45, 7) is 2.92. The van der Waals surface area contributed by atoms with Crippen LogP contribution in [0.4, 0.5) is 0 Å². The van der Waals surface area contributed by atoms with Gasteiger partial charge in [0.2, 0.25) is 5.76 Å². The van der Waals surface area contributed by atoms with Crippen LogP contribution >= 0.6 is 0 Å². The maximum atomic E-state index is 12.2. The van der Waals surface area contributed by atoms with E-state index in [4.69, 9.17) is 9.52 Å². The Balaban J connectivity index is 2.41. The van der Waals surface area contributed by atoms with E-state index in [1.165, 1.54) is 36.8 Å². The number of hydrogen-bond donors (Lipinski definition) is 1. The monoisotopic (exact) mass is 296 g/mol. The van der Waals surface area contributed by atoms with Crippen molar-refractivity contribution in [1.82, 2.24) is 9.88 Å². The number of aromatic nitrogens is 1. The van der Waals surface area contributed by atoms with Crippen molar-refractivity contribution in [2.75, 3.05) is 13.1 Å². The highest BCUT2D eigenvalue weighted by molar-refractivity contribution is 5.91. The number of carbonyl (C=O) groups excluding carboxylic acids is 1. The molecule has 0 unspecified atom stereocenters. The molecule has 0 aliphatic heterocycles. The minimum atomic E-state index is -0.909. The summed E-state index contributed by atoms with van der Waals surface area (Å²) >= 11 is 0. The van der Waals surface area contributed by atoms with Crippen LogP contribution < -0.4 is 0 Å². The molecule has 1 rings (SSSR count). The fourth-order valence-corrected chi connectivity index (χ4v) is 2.11. The van der Waals surface area contributed by atoms with E-state index in [2.05, 4.69) is 11.9 Å². The van der Waals surface area contributed by atoms with Crippen LogP contribution in [0.3, 0.4) is 0 Å². The van der Waals surface area contributed by atoms with Crippen molar-refractivity contribution < 1.29 is 19.1 Å². The minimum Gasteiger partial charge on any atom is -0.481 e. The number of hydrogen-bond acceptors (Lipinski definition) is 4. The van der Waals surface area contributed by atoms with Gasteiger partial charge in [-0.15, -0.1) is 0 Å². The molecule has 0 aromatic carbocycles. The fraction of sp³-hybridized carbons (Fsp3) is 0.667. The normalized spacial score (nSPS) is 10.5. The van der Waals surface area contributed by atoms with Gasteiger partial charge in [-0.25, -0.2) is 4.98 Å². The molecule has 0 bridgehead atoms. The molecule has 6 nitrogen and oxygen atoms in total. The Morgan fingerprint density at radius 1 is 1.19 bits per heavy atom. The van der Waals surface area contributed by atoms with Gasteiger partial charge in [-0.05, 0) is 6.42 Å². The molecule has 0 aliphatic rings. The summed E-state index contributed by atoms with van der Waals surface area (Å²) in [5.41, 5.74) is 0. The lowest BCUT2D eigenvalue weighted by molar-refractivity contribution is -0.137. The van der Waals surface area contributed by atoms with Crippen molar-refractivity contribution in [2.24, 2.45) is 0 Å². The van der Waals surface area contributed by atoms with Gasteiger partial charge in [-0.2, -0.15) is 0 Å². The van der Waals surface area contributed by atoms with Gasteiger partial charge in [-0.1, -0.05) is 39.0 Å². The van der Waals surface area contributed by atoms with Gasteiger partial charge in [0.05, 0.1) is 12.6 Å². The van der Waals surface area contributed by atoms with Crippen molar-refractivity contribution in [1.29, 1.82) is 0 Å². The van der Waals surface area contributed by atoms with Crippen LogP contribution in [-0.2, 0) is 4.79 Å². The number of carbonyl (C=O) groups is 2. The van der Waals surface area contributed by atoms with Gasteiger partial charge in [0.25, 0.3) is 5.91 Å². The van der Waals surface area contributed by atoms with Crippen LogP contribution in [0, 0.1) is 0 Å². The molecule has 0 saturated heterocycles. The van der Waals surface area contributed by atoms with E-state index < -0.39 is 5.97 Å². The Kier molecular flexibility index (Phi) is 8.16. The van der Waals surface area contributed by atoms with Crippen LogP contribution in [0.25, 0.3) is 0 Å². The molecule has 21 heavy (non-hydrogen) atoms. The van der Waals surface area contributed by atoms with E-state index in [1.807, 2.05) is 0 Å². The zero-order chi connectivity index (χ0) is 15.5. The quantitative estimate of drug-likeness (QED) is 0.635. The smallest absolute Gasteiger partial charge is 0.305 e. The molecule has 1 N–H and O–H groups in total.